The van der Waals surface area contributed by atoms with Crippen molar-refractivity contribution in [3.8, 4) is 0 Å². The van der Waals surface area contributed by atoms with Gasteiger partial charge < -0.3 is 9.80 Å². The van der Waals surface area contributed by atoms with Gasteiger partial charge in [0.2, 0.25) is 11.0 Å². The number of piperidine rings is 1. The lowest BCUT2D eigenvalue weighted by Gasteiger charge is -2.36. The third-order valence-corrected chi connectivity index (χ3v) is 4.73. The molecule has 3 heterocycles. The van der Waals surface area contributed by atoms with E-state index >= 15 is 0 Å². The maximum atomic E-state index is 12.7. The van der Waals surface area contributed by atoms with E-state index in [0.29, 0.717) is 13.0 Å². The molecule has 0 radical (unpaired) electrons. The van der Waals surface area contributed by atoms with Crippen molar-refractivity contribution in [2.75, 3.05) is 31.2 Å². The number of rotatable bonds is 3. The smallest absolute Gasteiger partial charge is 0.223 e. The number of hydrogen-bond acceptors (Lipinski definition) is 5. The van der Waals surface area contributed by atoms with E-state index in [1.54, 1.807) is 16.8 Å². The average molecular weight is 284 g/mol. The number of alkyl halides is 1. The predicted molar refractivity (Wildman–Crippen MR) is 70.9 cm³/mol. The molecule has 104 valence electrons. The number of aromatic nitrogens is 2. The van der Waals surface area contributed by atoms with Gasteiger partial charge in [-0.05, 0) is 12.8 Å². The maximum absolute atomic E-state index is 12.7. The first-order valence-electron chi connectivity index (χ1n) is 6.64. The summed E-state index contributed by atoms with van der Waals surface area (Å²) in [5, 5.41) is 8.87. The monoisotopic (exact) mass is 284 g/mol. The van der Waals surface area contributed by atoms with Crippen molar-refractivity contribution < 1.29 is 9.18 Å². The molecule has 0 saturated carbocycles. The zero-order chi connectivity index (χ0) is 13.2. The van der Waals surface area contributed by atoms with Gasteiger partial charge in [-0.15, -0.1) is 10.2 Å². The third-order valence-electron chi connectivity index (χ3n) is 3.98. The Bertz CT molecular complexity index is 433. The molecule has 1 aromatic rings. The fourth-order valence-electron chi connectivity index (χ4n) is 2.94. The van der Waals surface area contributed by atoms with Crippen LogP contribution in [0.3, 0.4) is 0 Å². The molecule has 2 aliphatic heterocycles. The van der Waals surface area contributed by atoms with Crippen molar-refractivity contribution in [1.29, 1.82) is 0 Å². The van der Waals surface area contributed by atoms with E-state index in [1.807, 2.05) is 4.90 Å². The van der Waals surface area contributed by atoms with E-state index in [4.69, 9.17) is 0 Å². The van der Waals surface area contributed by atoms with Crippen molar-refractivity contribution >= 4 is 22.4 Å². The number of halogens is 1. The number of anilines is 1. The van der Waals surface area contributed by atoms with Gasteiger partial charge in [-0.25, -0.2) is 0 Å². The van der Waals surface area contributed by atoms with Crippen molar-refractivity contribution in [2.45, 2.75) is 25.3 Å². The summed E-state index contributed by atoms with van der Waals surface area (Å²) in [6.45, 7) is 2.00. The Labute approximate surface area is 115 Å². The van der Waals surface area contributed by atoms with Gasteiger partial charge >= 0.3 is 0 Å². The highest BCUT2D eigenvalue weighted by molar-refractivity contribution is 7.13. The standard InChI is InChI=1S/C12H17FN4OS/c13-6-9-5-11(18)17(7-9)10-1-3-16(4-2-10)12-15-14-8-19-12/h8-10H,1-7H2. The fraction of sp³-hybridized carbons (Fsp3) is 0.750. The Morgan fingerprint density at radius 3 is 2.79 bits per heavy atom. The molecule has 0 spiro atoms. The van der Waals surface area contributed by atoms with E-state index in [1.165, 1.54) is 0 Å². The number of likely N-dealkylation sites (tertiary alicyclic amines) is 1. The van der Waals surface area contributed by atoms with Gasteiger partial charge in [0.15, 0.2) is 0 Å². The summed E-state index contributed by atoms with van der Waals surface area (Å²) in [6, 6.07) is 0.272. The molecule has 19 heavy (non-hydrogen) atoms. The number of carbonyl (C=O) groups excluding carboxylic acids is 1. The lowest BCUT2D eigenvalue weighted by Crippen LogP contribution is -2.45. The lowest BCUT2D eigenvalue weighted by atomic mass is 10.0. The molecule has 3 rings (SSSR count). The van der Waals surface area contributed by atoms with Crippen molar-refractivity contribution in [2.24, 2.45) is 5.92 Å². The summed E-state index contributed by atoms with van der Waals surface area (Å²) < 4.78 is 12.7. The van der Waals surface area contributed by atoms with E-state index in [0.717, 1.165) is 31.1 Å². The van der Waals surface area contributed by atoms with Gasteiger partial charge in [-0.2, -0.15) is 0 Å². The van der Waals surface area contributed by atoms with Crippen molar-refractivity contribution in [1.82, 2.24) is 15.1 Å². The van der Waals surface area contributed by atoms with Gasteiger partial charge in [0.1, 0.15) is 5.51 Å². The molecule has 2 saturated heterocycles. The molecule has 7 heteroatoms. The van der Waals surface area contributed by atoms with Gasteiger partial charge in [-0.1, -0.05) is 11.3 Å². The average Bonchev–Trinajstić information content (AvgIpc) is 3.08. The van der Waals surface area contributed by atoms with Gasteiger partial charge in [0, 0.05) is 38.0 Å². The molecule has 0 N–H and O–H groups in total. The Hall–Kier alpha value is -1.24. The van der Waals surface area contributed by atoms with Crippen LogP contribution in [0.5, 0.6) is 0 Å². The van der Waals surface area contributed by atoms with Gasteiger partial charge in [0.05, 0.1) is 6.67 Å². The van der Waals surface area contributed by atoms with E-state index in [2.05, 4.69) is 15.1 Å². The minimum absolute atomic E-state index is 0.0892. The van der Waals surface area contributed by atoms with Gasteiger partial charge in [-0.3, -0.25) is 9.18 Å². The van der Waals surface area contributed by atoms with Crippen LogP contribution in [0.25, 0.3) is 0 Å². The predicted octanol–water partition coefficient (Wildman–Crippen LogP) is 1.32. The maximum Gasteiger partial charge on any atom is 0.223 e. The highest BCUT2D eigenvalue weighted by atomic mass is 32.1. The van der Waals surface area contributed by atoms with Crippen LogP contribution in [0.4, 0.5) is 9.52 Å². The Morgan fingerprint density at radius 1 is 1.42 bits per heavy atom. The highest BCUT2D eigenvalue weighted by Gasteiger charge is 2.35. The lowest BCUT2D eigenvalue weighted by molar-refractivity contribution is -0.130. The number of hydrogen-bond donors (Lipinski definition) is 0. The van der Waals surface area contributed by atoms with Crippen LogP contribution in [-0.2, 0) is 4.79 Å². The molecule has 1 unspecified atom stereocenters. The fourth-order valence-corrected chi connectivity index (χ4v) is 3.55. The molecule has 0 bridgehead atoms. The van der Waals surface area contributed by atoms with Crippen molar-refractivity contribution in [3.63, 3.8) is 0 Å². The molecule has 0 aromatic carbocycles. The highest BCUT2D eigenvalue weighted by Crippen LogP contribution is 2.28. The zero-order valence-corrected chi connectivity index (χ0v) is 11.5. The molecule has 1 atom stereocenters. The molecule has 5 nitrogen and oxygen atoms in total. The topological polar surface area (TPSA) is 49.3 Å². The summed E-state index contributed by atoms with van der Waals surface area (Å²) >= 11 is 1.54. The largest absolute Gasteiger partial charge is 0.347 e. The SMILES string of the molecule is O=C1CC(CF)CN1C1CCN(c2nncs2)CC1. The third kappa shape index (κ3) is 2.56. The van der Waals surface area contributed by atoms with Crippen LogP contribution >= 0.6 is 11.3 Å². The van der Waals surface area contributed by atoms with E-state index in [9.17, 15) is 9.18 Å². The first kappa shape index (κ1) is 12.8. The first-order valence-corrected chi connectivity index (χ1v) is 7.52. The molecule has 1 aromatic heterocycles. The number of amides is 1. The number of carbonyl (C=O) groups is 1. The Kier molecular flexibility index (Phi) is 3.63. The minimum atomic E-state index is -0.383. The second-order valence-corrected chi connectivity index (χ2v) is 6.02. The molecule has 0 aliphatic carbocycles. The molecule has 2 fully saturated rings. The Morgan fingerprint density at radius 2 is 2.21 bits per heavy atom. The number of nitrogens with zero attached hydrogens (tertiary/aromatic N) is 4. The van der Waals surface area contributed by atoms with Gasteiger partial charge in [0.25, 0.3) is 0 Å². The van der Waals surface area contributed by atoms with E-state index in [-0.39, 0.29) is 24.5 Å². The Balaban J connectivity index is 1.57. The van der Waals surface area contributed by atoms with Crippen LogP contribution in [0.2, 0.25) is 0 Å². The van der Waals surface area contributed by atoms with Crippen LogP contribution in [0, 0.1) is 5.92 Å². The zero-order valence-electron chi connectivity index (χ0n) is 10.7. The summed E-state index contributed by atoms with van der Waals surface area (Å²) in [5.41, 5.74) is 1.73. The van der Waals surface area contributed by atoms with Crippen LogP contribution in [-0.4, -0.2) is 53.4 Å². The minimum Gasteiger partial charge on any atom is -0.347 e. The normalized spacial score (nSPS) is 25.3. The summed E-state index contributed by atoms with van der Waals surface area (Å²) in [7, 11) is 0. The molecular weight excluding hydrogens is 267 g/mol. The second kappa shape index (κ2) is 5.40. The quantitative estimate of drug-likeness (QED) is 0.840. The summed E-state index contributed by atoms with van der Waals surface area (Å²) in [6.07, 6.45) is 2.25. The molecule has 2 aliphatic rings. The van der Waals surface area contributed by atoms with Crippen LogP contribution in [0.15, 0.2) is 5.51 Å². The second-order valence-electron chi connectivity index (χ2n) is 5.21. The van der Waals surface area contributed by atoms with Crippen LogP contribution < -0.4 is 4.90 Å². The summed E-state index contributed by atoms with van der Waals surface area (Å²) in [4.78, 5) is 16.0. The summed E-state index contributed by atoms with van der Waals surface area (Å²) in [5.74, 6) is 0.0331. The van der Waals surface area contributed by atoms with E-state index < -0.39 is 0 Å². The molecule has 1 amide bonds. The van der Waals surface area contributed by atoms with Crippen molar-refractivity contribution in [3.05, 3.63) is 5.51 Å². The van der Waals surface area contributed by atoms with Crippen LogP contribution in [0.1, 0.15) is 19.3 Å². The molecular formula is C12H17FN4OS. The first-order chi connectivity index (χ1) is 9.28.